The van der Waals surface area contributed by atoms with Crippen LogP contribution in [0.2, 0.25) is 0 Å². The van der Waals surface area contributed by atoms with Gasteiger partial charge >= 0.3 is 0 Å². The maximum atomic E-state index is 11.5. The number of nitrogen functional groups attached to an aromatic ring is 1. The molecule has 1 amide bonds. The van der Waals surface area contributed by atoms with E-state index in [0.717, 1.165) is 5.56 Å². The Balaban J connectivity index is 2.41. The van der Waals surface area contributed by atoms with Crippen LogP contribution in [0.4, 0.5) is 11.5 Å². The zero-order valence-electron chi connectivity index (χ0n) is 12.2. The Morgan fingerprint density at radius 1 is 1.24 bits per heavy atom. The molecule has 0 fully saturated rings. The van der Waals surface area contributed by atoms with Crippen molar-refractivity contribution in [3.05, 3.63) is 47.9 Å². The summed E-state index contributed by atoms with van der Waals surface area (Å²) in [5.41, 5.74) is 13.2. The fourth-order valence-electron chi connectivity index (χ4n) is 2.08. The van der Waals surface area contributed by atoms with Gasteiger partial charge in [-0.05, 0) is 25.5 Å². The Morgan fingerprint density at radius 2 is 1.90 bits per heavy atom. The van der Waals surface area contributed by atoms with E-state index >= 15 is 0 Å². The number of primary amides is 1. The summed E-state index contributed by atoms with van der Waals surface area (Å²) in [5, 5.41) is 0. The van der Waals surface area contributed by atoms with Crippen LogP contribution in [-0.4, -0.2) is 21.9 Å². The highest BCUT2D eigenvalue weighted by Crippen LogP contribution is 2.22. The molecule has 0 aliphatic carbocycles. The van der Waals surface area contributed by atoms with Gasteiger partial charge in [-0.2, -0.15) is 0 Å². The molecule has 110 valence electrons. The van der Waals surface area contributed by atoms with Gasteiger partial charge in [-0.25, -0.2) is 9.97 Å². The van der Waals surface area contributed by atoms with Crippen molar-refractivity contribution in [2.75, 3.05) is 10.6 Å². The van der Waals surface area contributed by atoms with E-state index in [1.165, 1.54) is 6.20 Å². The number of amides is 1. The van der Waals surface area contributed by atoms with E-state index in [1.54, 1.807) is 6.20 Å². The number of nitrogens with zero attached hydrogens (tertiary/aromatic N) is 3. The number of aromatic nitrogens is 2. The summed E-state index contributed by atoms with van der Waals surface area (Å²) in [6.07, 6.45) is 3.00. The van der Waals surface area contributed by atoms with Gasteiger partial charge < -0.3 is 16.4 Å². The van der Waals surface area contributed by atoms with E-state index in [0.29, 0.717) is 18.1 Å². The van der Waals surface area contributed by atoms with E-state index in [9.17, 15) is 4.79 Å². The largest absolute Gasteiger partial charge is 0.398 e. The van der Waals surface area contributed by atoms with Crippen LogP contribution in [0.15, 0.2) is 36.7 Å². The predicted octanol–water partition coefficient (Wildman–Crippen LogP) is 1.57. The molecular weight excluding hydrogens is 266 g/mol. The maximum absolute atomic E-state index is 11.5. The number of hydrogen-bond acceptors (Lipinski definition) is 5. The van der Waals surface area contributed by atoms with E-state index in [4.69, 9.17) is 11.5 Å². The maximum Gasteiger partial charge on any atom is 0.271 e. The van der Waals surface area contributed by atoms with Crippen LogP contribution in [0.1, 0.15) is 29.9 Å². The molecule has 0 radical (unpaired) electrons. The first-order valence-corrected chi connectivity index (χ1v) is 6.71. The molecule has 0 atom stereocenters. The number of carbonyl (C=O) groups is 1. The van der Waals surface area contributed by atoms with Crippen LogP contribution >= 0.6 is 0 Å². The standard InChI is InChI=1S/C15H19N5O/c1-10(2)20(9-11-5-3-4-6-12(11)16)15-13(14(17)21)18-7-8-19-15/h3-8,10H,9,16H2,1-2H3,(H2,17,21). The monoisotopic (exact) mass is 285 g/mol. The van der Waals surface area contributed by atoms with Gasteiger partial charge in [-0.3, -0.25) is 4.79 Å². The summed E-state index contributed by atoms with van der Waals surface area (Å²) in [5.74, 6) is -0.118. The molecule has 2 aromatic rings. The van der Waals surface area contributed by atoms with Crippen molar-refractivity contribution in [1.29, 1.82) is 0 Å². The van der Waals surface area contributed by atoms with Gasteiger partial charge in [0.05, 0.1) is 0 Å². The van der Waals surface area contributed by atoms with Gasteiger partial charge in [0, 0.05) is 30.7 Å². The minimum Gasteiger partial charge on any atom is -0.398 e. The first-order chi connectivity index (χ1) is 10.0. The third-order valence-electron chi connectivity index (χ3n) is 3.20. The van der Waals surface area contributed by atoms with Crippen LogP contribution in [0, 0.1) is 0 Å². The number of carbonyl (C=O) groups excluding carboxylic acids is 1. The summed E-state index contributed by atoms with van der Waals surface area (Å²) in [4.78, 5) is 21.8. The molecule has 6 nitrogen and oxygen atoms in total. The van der Waals surface area contributed by atoms with Crippen molar-refractivity contribution < 1.29 is 4.79 Å². The Kier molecular flexibility index (Phi) is 4.37. The molecule has 1 aromatic heterocycles. The summed E-state index contributed by atoms with van der Waals surface area (Å²) in [6.45, 7) is 4.56. The number of nitrogens with two attached hydrogens (primary N) is 2. The number of anilines is 2. The summed E-state index contributed by atoms with van der Waals surface area (Å²) < 4.78 is 0. The van der Waals surface area contributed by atoms with Crippen LogP contribution in [0.3, 0.4) is 0 Å². The van der Waals surface area contributed by atoms with Gasteiger partial charge in [-0.1, -0.05) is 18.2 Å². The molecule has 0 saturated heterocycles. The molecule has 0 unspecified atom stereocenters. The predicted molar refractivity (Wildman–Crippen MR) is 82.7 cm³/mol. The van der Waals surface area contributed by atoms with Crippen LogP contribution in [0.5, 0.6) is 0 Å². The molecule has 0 spiro atoms. The van der Waals surface area contributed by atoms with Crippen LogP contribution < -0.4 is 16.4 Å². The fraction of sp³-hybridized carbons (Fsp3) is 0.267. The molecule has 21 heavy (non-hydrogen) atoms. The second kappa shape index (κ2) is 6.21. The van der Waals surface area contributed by atoms with Gasteiger partial charge in [0.15, 0.2) is 11.5 Å². The minimum atomic E-state index is -0.593. The molecule has 1 heterocycles. The quantitative estimate of drug-likeness (QED) is 0.813. The van der Waals surface area contributed by atoms with Crippen molar-refractivity contribution in [1.82, 2.24) is 9.97 Å². The van der Waals surface area contributed by atoms with Gasteiger partial charge in [0.1, 0.15) is 0 Å². The van der Waals surface area contributed by atoms with Crippen molar-refractivity contribution in [2.24, 2.45) is 5.73 Å². The lowest BCUT2D eigenvalue weighted by Crippen LogP contribution is -2.33. The molecule has 6 heteroatoms. The number of rotatable bonds is 5. The van der Waals surface area contributed by atoms with E-state index in [1.807, 2.05) is 43.0 Å². The first-order valence-electron chi connectivity index (χ1n) is 6.71. The highest BCUT2D eigenvalue weighted by Gasteiger charge is 2.20. The molecule has 0 bridgehead atoms. The van der Waals surface area contributed by atoms with Crippen molar-refractivity contribution in [2.45, 2.75) is 26.4 Å². The van der Waals surface area contributed by atoms with Gasteiger partial charge in [0.25, 0.3) is 5.91 Å². The van der Waals surface area contributed by atoms with Crippen LogP contribution in [-0.2, 0) is 6.54 Å². The summed E-state index contributed by atoms with van der Waals surface area (Å²) >= 11 is 0. The molecule has 4 N–H and O–H groups in total. The van der Waals surface area contributed by atoms with Crippen LogP contribution in [0.25, 0.3) is 0 Å². The van der Waals surface area contributed by atoms with Gasteiger partial charge in [-0.15, -0.1) is 0 Å². The topological polar surface area (TPSA) is 98.1 Å². The molecule has 1 aromatic carbocycles. The SMILES string of the molecule is CC(C)N(Cc1ccccc1N)c1nccnc1C(N)=O. The Bertz CT molecular complexity index is 641. The number of hydrogen-bond donors (Lipinski definition) is 2. The Morgan fingerprint density at radius 3 is 2.52 bits per heavy atom. The zero-order chi connectivity index (χ0) is 15.4. The smallest absolute Gasteiger partial charge is 0.271 e. The Labute approximate surface area is 123 Å². The normalized spacial score (nSPS) is 10.6. The number of benzene rings is 1. The lowest BCUT2D eigenvalue weighted by atomic mass is 10.1. The second-order valence-corrected chi connectivity index (χ2v) is 5.01. The molecule has 2 rings (SSSR count). The molecule has 0 aliphatic heterocycles. The minimum absolute atomic E-state index is 0.111. The fourth-order valence-corrected chi connectivity index (χ4v) is 2.08. The lowest BCUT2D eigenvalue weighted by molar-refractivity contribution is 0.0995. The highest BCUT2D eigenvalue weighted by atomic mass is 16.1. The third-order valence-corrected chi connectivity index (χ3v) is 3.20. The van der Waals surface area contributed by atoms with Crippen molar-refractivity contribution >= 4 is 17.4 Å². The summed E-state index contributed by atoms with van der Waals surface area (Å²) in [6, 6.07) is 7.72. The summed E-state index contributed by atoms with van der Waals surface area (Å²) in [7, 11) is 0. The second-order valence-electron chi connectivity index (χ2n) is 5.01. The third kappa shape index (κ3) is 3.28. The van der Waals surface area contributed by atoms with E-state index in [2.05, 4.69) is 9.97 Å². The van der Waals surface area contributed by atoms with E-state index < -0.39 is 5.91 Å². The number of para-hydroxylation sites is 1. The first kappa shape index (κ1) is 14.8. The average molecular weight is 285 g/mol. The highest BCUT2D eigenvalue weighted by molar-refractivity contribution is 5.95. The molecule has 0 saturated carbocycles. The van der Waals surface area contributed by atoms with Crippen molar-refractivity contribution in [3.63, 3.8) is 0 Å². The lowest BCUT2D eigenvalue weighted by Gasteiger charge is -2.29. The zero-order valence-corrected chi connectivity index (χ0v) is 12.2. The molecular formula is C15H19N5O. The Hall–Kier alpha value is -2.63. The molecule has 0 aliphatic rings. The van der Waals surface area contributed by atoms with Crippen molar-refractivity contribution in [3.8, 4) is 0 Å². The van der Waals surface area contributed by atoms with E-state index in [-0.39, 0.29) is 11.7 Å². The van der Waals surface area contributed by atoms with Gasteiger partial charge in [0.2, 0.25) is 0 Å². The average Bonchev–Trinajstić information content (AvgIpc) is 2.46.